The van der Waals surface area contributed by atoms with Crippen LogP contribution in [0.5, 0.6) is 5.75 Å². The van der Waals surface area contributed by atoms with Gasteiger partial charge in [0.2, 0.25) is 0 Å². The molecule has 1 aromatic rings. The molecule has 0 amide bonds. The predicted octanol–water partition coefficient (Wildman–Crippen LogP) is 2.95. The van der Waals surface area contributed by atoms with Crippen molar-refractivity contribution in [1.29, 1.82) is 0 Å². The van der Waals surface area contributed by atoms with Crippen molar-refractivity contribution >= 4 is 11.6 Å². The van der Waals surface area contributed by atoms with E-state index in [9.17, 15) is 9.59 Å². The van der Waals surface area contributed by atoms with E-state index in [1.807, 2.05) is 19.1 Å². The summed E-state index contributed by atoms with van der Waals surface area (Å²) in [6, 6.07) is 5.45. The Hall–Kier alpha value is -1.64. The molecule has 0 N–H and O–H groups in total. The summed E-state index contributed by atoms with van der Waals surface area (Å²) in [5, 5.41) is 0. The Morgan fingerprint density at radius 2 is 2.17 bits per heavy atom. The van der Waals surface area contributed by atoms with E-state index in [1.54, 1.807) is 13.2 Å². The number of ether oxygens (including phenoxy) is 1. The lowest BCUT2D eigenvalue weighted by molar-refractivity contribution is -0.121. The van der Waals surface area contributed by atoms with Crippen LogP contribution >= 0.6 is 0 Å². The highest BCUT2D eigenvalue weighted by molar-refractivity contribution is 6.00. The Morgan fingerprint density at radius 1 is 1.39 bits per heavy atom. The summed E-state index contributed by atoms with van der Waals surface area (Å²) in [7, 11) is 1.61. The van der Waals surface area contributed by atoms with Crippen molar-refractivity contribution in [3.05, 3.63) is 29.3 Å². The largest absolute Gasteiger partial charge is 0.496 e. The van der Waals surface area contributed by atoms with E-state index in [0.29, 0.717) is 18.4 Å². The second-order valence-corrected chi connectivity index (χ2v) is 4.88. The zero-order chi connectivity index (χ0) is 13.1. The molecule has 3 nitrogen and oxygen atoms in total. The average Bonchev–Trinajstić information content (AvgIpc) is 2.37. The minimum atomic E-state index is -0.126. The number of benzene rings is 1. The third-order valence-corrected chi connectivity index (χ3v) is 3.53. The molecule has 1 saturated carbocycles. The average molecular weight is 246 g/mol. The first-order chi connectivity index (χ1) is 8.61. The van der Waals surface area contributed by atoms with Crippen LogP contribution in [0.4, 0.5) is 0 Å². The highest BCUT2D eigenvalue weighted by atomic mass is 16.5. The molecular formula is C15H18O3. The second-order valence-electron chi connectivity index (χ2n) is 4.88. The molecule has 0 aliphatic heterocycles. The second kappa shape index (κ2) is 5.34. The van der Waals surface area contributed by atoms with Crippen LogP contribution in [-0.2, 0) is 4.79 Å². The van der Waals surface area contributed by atoms with Gasteiger partial charge in [0.15, 0.2) is 5.78 Å². The molecule has 1 atom stereocenters. The third kappa shape index (κ3) is 2.61. The Labute approximate surface area is 107 Å². The lowest BCUT2D eigenvalue weighted by Gasteiger charge is -2.19. The number of carbonyl (C=O) groups excluding carboxylic acids is 2. The molecule has 0 saturated heterocycles. The lowest BCUT2D eigenvalue weighted by atomic mass is 9.83. The maximum absolute atomic E-state index is 12.3. The number of carbonyl (C=O) groups is 2. The van der Waals surface area contributed by atoms with Gasteiger partial charge in [-0.3, -0.25) is 9.59 Å². The van der Waals surface area contributed by atoms with Gasteiger partial charge in [0.05, 0.1) is 7.11 Å². The maximum Gasteiger partial charge on any atom is 0.166 e. The zero-order valence-electron chi connectivity index (χ0n) is 10.9. The quantitative estimate of drug-likeness (QED) is 0.770. The molecule has 1 aromatic carbocycles. The molecule has 96 valence electrons. The molecule has 0 aromatic heterocycles. The molecule has 3 heteroatoms. The van der Waals surface area contributed by atoms with Gasteiger partial charge in [-0.15, -0.1) is 0 Å². The number of Topliss-reactive ketones (excluding diaryl/α,β-unsaturated/α-hetero) is 2. The van der Waals surface area contributed by atoms with Crippen LogP contribution in [0.25, 0.3) is 0 Å². The predicted molar refractivity (Wildman–Crippen MR) is 69.0 cm³/mol. The number of hydrogen-bond donors (Lipinski definition) is 0. The van der Waals surface area contributed by atoms with Crippen molar-refractivity contribution < 1.29 is 14.3 Å². The van der Waals surface area contributed by atoms with Crippen molar-refractivity contribution in [2.75, 3.05) is 7.11 Å². The fourth-order valence-electron chi connectivity index (χ4n) is 2.52. The number of rotatable bonds is 3. The zero-order valence-corrected chi connectivity index (χ0v) is 10.9. The lowest BCUT2D eigenvalue weighted by Crippen LogP contribution is -2.23. The van der Waals surface area contributed by atoms with E-state index in [2.05, 4.69) is 0 Å². The van der Waals surface area contributed by atoms with Crippen LogP contribution in [0.3, 0.4) is 0 Å². The summed E-state index contributed by atoms with van der Waals surface area (Å²) < 4.78 is 5.18. The first-order valence-corrected chi connectivity index (χ1v) is 6.32. The third-order valence-electron chi connectivity index (χ3n) is 3.53. The van der Waals surface area contributed by atoms with Crippen LogP contribution in [0.1, 0.15) is 41.6 Å². The van der Waals surface area contributed by atoms with Gasteiger partial charge in [-0.1, -0.05) is 0 Å². The molecular weight excluding hydrogens is 228 g/mol. The van der Waals surface area contributed by atoms with E-state index in [-0.39, 0.29) is 17.5 Å². The Bertz CT molecular complexity index is 477. The summed E-state index contributed by atoms with van der Waals surface area (Å²) >= 11 is 0. The first kappa shape index (κ1) is 12.8. The molecule has 2 rings (SSSR count). The van der Waals surface area contributed by atoms with Gasteiger partial charge in [0.25, 0.3) is 0 Å². The van der Waals surface area contributed by atoms with E-state index in [0.717, 1.165) is 24.2 Å². The highest BCUT2D eigenvalue weighted by Gasteiger charge is 2.26. The standard InChI is InChI=1S/C15H18O3/c1-10-8-12(6-7-14(10)18-2)15(17)11-4-3-5-13(16)9-11/h6-8,11H,3-5,9H2,1-2H3. The van der Waals surface area contributed by atoms with Gasteiger partial charge in [-0.2, -0.15) is 0 Å². The first-order valence-electron chi connectivity index (χ1n) is 6.32. The summed E-state index contributed by atoms with van der Waals surface area (Å²) in [6.07, 6.45) is 2.70. The van der Waals surface area contributed by atoms with E-state index < -0.39 is 0 Å². The minimum absolute atomic E-state index is 0.0915. The molecule has 0 radical (unpaired) electrons. The summed E-state index contributed by atoms with van der Waals surface area (Å²) in [5.74, 6) is 0.962. The molecule has 1 unspecified atom stereocenters. The topological polar surface area (TPSA) is 43.4 Å². The number of methoxy groups -OCH3 is 1. The van der Waals surface area contributed by atoms with Gasteiger partial charge in [0.1, 0.15) is 11.5 Å². The maximum atomic E-state index is 12.3. The van der Waals surface area contributed by atoms with Crippen molar-refractivity contribution in [3.63, 3.8) is 0 Å². The van der Waals surface area contributed by atoms with Crippen LogP contribution in [0.15, 0.2) is 18.2 Å². The van der Waals surface area contributed by atoms with E-state index in [1.165, 1.54) is 0 Å². The van der Waals surface area contributed by atoms with Gasteiger partial charge >= 0.3 is 0 Å². The number of ketones is 2. The fourth-order valence-corrected chi connectivity index (χ4v) is 2.52. The Morgan fingerprint density at radius 3 is 2.78 bits per heavy atom. The number of aryl methyl sites for hydroxylation is 1. The summed E-state index contributed by atoms with van der Waals surface area (Å²) in [6.45, 7) is 1.92. The molecule has 1 fully saturated rings. The minimum Gasteiger partial charge on any atom is -0.496 e. The fraction of sp³-hybridized carbons (Fsp3) is 0.467. The van der Waals surface area contributed by atoms with Crippen LogP contribution in [-0.4, -0.2) is 18.7 Å². The molecule has 0 spiro atoms. The Balaban J connectivity index is 2.18. The van der Waals surface area contributed by atoms with Crippen LogP contribution in [0, 0.1) is 12.8 Å². The molecule has 1 aliphatic carbocycles. The van der Waals surface area contributed by atoms with Crippen LogP contribution in [0.2, 0.25) is 0 Å². The van der Waals surface area contributed by atoms with Crippen molar-refractivity contribution in [1.82, 2.24) is 0 Å². The normalized spacial score (nSPS) is 19.7. The van der Waals surface area contributed by atoms with E-state index in [4.69, 9.17) is 4.74 Å². The van der Waals surface area contributed by atoms with Gasteiger partial charge in [-0.05, 0) is 43.5 Å². The molecule has 18 heavy (non-hydrogen) atoms. The van der Waals surface area contributed by atoms with Crippen molar-refractivity contribution in [2.24, 2.45) is 5.92 Å². The van der Waals surface area contributed by atoms with Gasteiger partial charge in [0, 0.05) is 24.3 Å². The van der Waals surface area contributed by atoms with Crippen molar-refractivity contribution in [3.8, 4) is 5.75 Å². The highest BCUT2D eigenvalue weighted by Crippen LogP contribution is 2.27. The Kier molecular flexibility index (Phi) is 3.80. The molecule has 0 bridgehead atoms. The smallest absolute Gasteiger partial charge is 0.166 e. The monoisotopic (exact) mass is 246 g/mol. The molecule has 0 heterocycles. The van der Waals surface area contributed by atoms with E-state index >= 15 is 0 Å². The summed E-state index contributed by atoms with van der Waals surface area (Å²) in [5.41, 5.74) is 1.64. The SMILES string of the molecule is COc1ccc(C(=O)C2CCCC(=O)C2)cc1C. The molecule has 1 aliphatic rings. The van der Waals surface area contributed by atoms with Crippen LogP contribution < -0.4 is 4.74 Å². The van der Waals surface area contributed by atoms with Gasteiger partial charge in [-0.25, -0.2) is 0 Å². The summed E-state index contributed by atoms with van der Waals surface area (Å²) in [4.78, 5) is 23.7. The van der Waals surface area contributed by atoms with Gasteiger partial charge < -0.3 is 4.74 Å². The van der Waals surface area contributed by atoms with Crippen molar-refractivity contribution in [2.45, 2.75) is 32.6 Å². The number of hydrogen-bond acceptors (Lipinski definition) is 3.